The van der Waals surface area contributed by atoms with Crippen LogP contribution in [0.15, 0.2) is 24.3 Å². The van der Waals surface area contributed by atoms with E-state index in [0.29, 0.717) is 12.8 Å². The predicted molar refractivity (Wildman–Crippen MR) is 134 cm³/mol. The second-order valence-corrected chi connectivity index (χ2v) is 11.6. The van der Waals surface area contributed by atoms with Gasteiger partial charge in [-0.2, -0.15) is 0 Å². The molecule has 2 bridgehead atoms. The number of carboxylic acids is 1. The van der Waals surface area contributed by atoms with E-state index in [1.807, 2.05) is 13.8 Å². The molecule has 0 radical (unpaired) electrons. The van der Waals surface area contributed by atoms with E-state index in [0.717, 1.165) is 50.5 Å². The quantitative estimate of drug-likeness (QED) is 0.260. The second kappa shape index (κ2) is 9.51. The molecule has 4 aliphatic rings. The van der Waals surface area contributed by atoms with Crippen molar-refractivity contribution in [1.82, 2.24) is 0 Å². The van der Waals surface area contributed by atoms with Crippen molar-refractivity contribution < 1.29 is 24.5 Å². The summed E-state index contributed by atoms with van der Waals surface area (Å²) in [4.78, 5) is 25.4. The van der Waals surface area contributed by atoms with Crippen LogP contribution in [0.5, 0.6) is 0 Å². The van der Waals surface area contributed by atoms with Crippen LogP contribution >= 0.6 is 0 Å². The maximum absolute atomic E-state index is 12.9. The number of esters is 1. The van der Waals surface area contributed by atoms with Crippen LogP contribution in [0, 0.1) is 57.7 Å². The Labute approximate surface area is 209 Å². The average molecular weight is 479 g/mol. The van der Waals surface area contributed by atoms with Gasteiger partial charge in [0, 0.05) is 17.9 Å². The lowest BCUT2D eigenvalue weighted by atomic mass is 9.40. The van der Waals surface area contributed by atoms with Crippen molar-refractivity contribution in [2.75, 3.05) is 0 Å². The third-order valence-corrected chi connectivity index (χ3v) is 9.91. The van der Waals surface area contributed by atoms with Crippen molar-refractivity contribution in [2.45, 2.75) is 90.8 Å². The molecule has 4 saturated carbocycles. The molecule has 5 nitrogen and oxygen atoms in total. The number of aliphatic carboxylic acids is 1. The summed E-state index contributed by atoms with van der Waals surface area (Å²) in [6.07, 6.45) is 8.66. The SMILES string of the molecule is C=C1[C@H]2CC[C@H]3[C@]4(C)CCC[C@@](C)(C(=O)O)[C@H]4C[C@H](OC(=O)/C=C/C#CC#CCCC)[C@]3(C2)[C@H]1O. The lowest BCUT2D eigenvalue weighted by Crippen LogP contribution is -2.65. The van der Waals surface area contributed by atoms with Gasteiger partial charge in [-0.25, -0.2) is 4.79 Å². The lowest BCUT2D eigenvalue weighted by Gasteiger charge is -2.65. The van der Waals surface area contributed by atoms with Crippen molar-refractivity contribution in [1.29, 1.82) is 0 Å². The fraction of sp³-hybridized carbons (Fsp3) is 0.667. The van der Waals surface area contributed by atoms with Crippen molar-refractivity contribution in [3.63, 3.8) is 0 Å². The van der Waals surface area contributed by atoms with E-state index in [2.05, 4.69) is 37.2 Å². The molecule has 5 heteroatoms. The molecule has 2 N–H and O–H groups in total. The third-order valence-electron chi connectivity index (χ3n) is 9.91. The summed E-state index contributed by atoms with van der Waals surface area (Å²) in [6, 6.07) is 0. The highest BCUT2D eigenvalue weighted by Gasteiger charge is 2.71. The molecular weight excluding hydrogens is 440 g/mol. The number of allylic oxidation sites excluding steroid dienone is 1. The van der Waals surface area contributed by atoms with Gasteiger partial charge in [-0.15, -0.1) is 0 Å². The smallest absolute Gasteiger partial charge is 0.331 e. The van der Waals surface area contributed by atoms with E-state index in [1.54, 1.807) is 0 Å². The van der Waals surface area contributed by atoms with E-state index in [-0.39, 0.29) is 23.2 Å². The zero-order chi connectivity index (χ0) is 25.4. The van der Waals surface area contributed by atoms with Gasteiger partial charge in [-0.3, -0.25) is 4.79 Å². The maximum atomic E-state index is 12.9. The third kappa shape index (κ3) is 4.03. The van der Waals surface area contributed by atoms with Gasteiger partial charge in [0.1, 0.15) is 6.10 Å². The first-order chi connectivity index (χ1) is 16.6. The van der Waals surface area contributed by atoms with Gasteiger partial charge >= 0.3 is 11.9 Å². The molecule has 4 fully saturated rings. The summed E-state index contributed by atoms with van der Waals surface area (Å²) in [6.45, 7) is 10.4. The number of ether oxygens (including phenoxy) is 1. The fourth-order valence-corrected chi connectivity index (χ4v) is 8.28. The monoisotopic (exact) mass is 478 g/mol. The summed E-state index contributed by atoms with van der Waals surface area (Å²) in [5.74, 6) is 10.0. The number of rotatable bonds is 4. The molecule has 0 heterocycles. The van der Waals surface area contributed by atoms with Crippen LogP contribution in [0.25, 0.3) is 0 Å². The Hall–Kier alpha value is -2.50. The Kier molecular flexibility index (Phi) is 6.96. The molecule has 0 aliphatic heterocycles. The highest BCUT2D eigenvalue weighted by atomic mass is 16.5. The lowest BCUT2D eigenvalue weighted by molar-refractivity contribution is -0.232. The molecule has 35 heavy (non-hydrogen) atoms. The number of carbonyl (C=O) groups is 2. The summed E-state index contributed by atoms with van der Waals surface area (Å²) in [5.41, 5.74) is -0.874. The zero-order valence-electron chi connectivity index (χ0n) is 21.2. The van der Waals surface area contributed by atoms with Crippen LogP contribution in [0.4, 0.5) is 0 Å². The van der Waals surface area contributed by atoms with E-state index in [4.69, 9.17) is 4.74 Å². The summed E-state index contributed by atoms with van der Waals surface area (Å²) >= 11 is 0. The van der Waals surface area contributed by atoms with E-state index in [9.17, 15) is 19.8 Å². The first-order valence-electron chi connectivity index (χ1n) is 13.1. The Morgan fingerprint density at radius 3 is 2.69 bits per heavy atom. The molecule has 1 spiro atoms. The molecule has 4 rings (SSSR count). The minimum absolute atomic E-state index is 0.0774. The number of aliphatic hydroxyl groups excluding tert-OH is 1. The van der Waals surface area contributed by atoms with E-state index >= 15 is 0 Å². The van der Waals surface area contributed by atoms with Crippen LogP contribution in [-0.2, 0) is 14.3 Å². The number of carbonyl (C=O) groups excluding carboxylic acids is 1. The van der Waals surface area contributed by atoms with Gasteiger partial charge in [0.05, 0.1) is 11.5 Å². The number of hydrogen-bond acceptors (Lipinski definition) is 4. The van der Waals surface area contributed by atoms with Crippen LogP contribution < -0.4 is 0 Å². The topological polar surface area (TPSA) is 83.8 Å². The second-order valence-electron chi connectivity index (χ2n) is 11.6. The molecule has 0 aromatic carbocycles. The number of aliphatic hydroxyl groups is 1. The summed E-state index contributed by atoms with van der Waals surface area (Å²) in [7, 11) is 0. The Morgan fingerprint density at radius 2 is 1.97 bits per heavy atom. The van der Waals surface area contributed by atoms with Crippen LogP contribution in [0.1, 0.15) is 78.6 Å². The minimum Gasteiger partial charge on any atom is -0.481 e. The normalized spacial score (nSPS) is 41.6. The van der Waals surface area contributed by atoms with Gasteiger partial charge in [0.25, 0.3) is 0 Å². The van der Waals surface area contributed by atoms with Gasteiger partial charge < -0.3 is 14.9 Å². The largest absolute Gasteiger partial charge is 0.481 e. The van der Waals surface area contributed by atoms with Crippen LogP contribution in [0.2, 0.25) is 0 Å². The van der Waals surface area contributed by atoms with Gasteiger partial charge in [0.15, 0.2) is 0 Å². The molecule has 0 aromatic heterocycles. The van der Waals surface area contributed by atoms with E-state index in [1.165, 1.54) is 12.2 Å². The summed E-state index contributed by atoms with van der Waals surface area (Å²) < 4.78 is 6.09. The zero-order valence-corrected chi connectivity index (χ0v) is 21.2. The van der Waals surface area contributed by atoms with Crippen molar-refractivity contribution >= 4 is 11.9 Å². The molecule has 188 valence electrons. The molecule has 0 saturated heterocycles. The molecular formula is C30H38O5. The molecule has 4 aliphatic carbocycles. The highest BCUT2D eigenvalue weighted by Crippen LogP contribution is 2.72. The first kappa shape index (κ1) is 25.6. The van der Waals surface area contributed by atoms with Crippen molar-refractivity contribution in [3.05, 3.63) is 24.3 Å². The Morgan fingerprint density at radius 1 is 1.20 bits per heavy atom. The van der Waals surface area contributed by atoms with Crippen molar-refractivity contribution in [2.24, 2.45) is 34.0 Å². The van der Waals surface area contributed by atoms with E-state index < -0.39 is 35.0 Å². The van der Waals surface area contributed by atoms with Crippen LogP contribution in [-0.4, -0.2) is 34.4 Å². The highest BCUT2D eigenvalue weighted by molar-refractivity contribution is 5.83. The van der Waals surface area contributed by atoms with Gasteiger partial charge in [-0.05, 0) is 98.5 Å². The predicted octanol–water partition coefficient (Wildman–Crippen LogP) is 4.90. The first-order valence-corrected chi connectivity index (χ1v) is 13.1. The minimum atomic E-state index is -0.880. The number of unbranched alkanes of at least 4 members (excludes halogenated alkanes) is 1. The fourth-order valence-electron chi connectivity index (χ4n) is 8.28. The standard InChI is InChI=1S/C30H38O5/c1-5-6-7-8-9-10-11-13-25(31)35-24-18-23-28(3,16-12-17-29(23,4)27(33)34)22-15-14-21-19-30(22,24)26(32)20(21)2/h11,13,21-24,26,32H,2,5-6,12,14-19H2,1,3-4H3,(H,33,34)/b13-11+/t21-,22-,23-,24-,26-,28-,29+,30+/m0/s1. The van der Waals surface area contributed by atoms with Gasteiger partial charge in [0.2, 0.25) is 0 Å². The average Bonchev–Trinajstić information content (AvgIpc) is 3.00. The van der Waals surface area contributed by atoms with Crippen molar-refractivity contribution in [3.8, 4) is 23.7 Å². The van der Waals surface area contributed by atoms with Crippen LogP contribution in [0.3, 0.4) is 0 Å². The Balaban J connectivity index is 1.66. The molecule has 0 unspecified atom stereocenters. The summed E-state index contributed by atoms with van der Waals surface area (Å²) in [5, 5.41) is 21.8. The number of fused-ring (bicyclic) bond motifs is 3. The Bertz CT molecular complexity index is 1050. The number of carboxylic acid groups (broad SMARTS) is 1. The molecule has 0 aromatic rings. The molecule has 8 atom stereocenters. The molecule has 0 amide bonds. The maximum Gasteiger partial charge on any atom is 0.331 e. The number of hydrogen-bond donors (Lipinski definition) is 2. The van der Waals surface area contributed by atoms with Gasteiger partial charge in [-0.1, -0.05) is 38.7 Å².